The minimum absolute atomic E-state index is 0.156. The molecule has 8 heteroatoms. The van der Waals surface area contributed by atoms with Gasteiger partial charge in [-0.15, -0.1) is 0 Å². The van der Waals surface area contributed by atoms with Gasteiger partial charge in [0, 0.05) is 11.8 Å². The second kappa shape index (κ2) is 10.7. The molecule has 0 saturated heterocycles. The van der Waals surface area contributed by atoms with E-state index in [1.807, 2.05) is 30.3 Å². The van der Waals surface area contributed by atoms with Gasteiger partial charge in [-0.25, -0.2) is 0 Å². The summed E-state index contributed by atoms with van der Waals surface area (Å²) in [4.78, 5) is 36.0. The van der Waals surface area contributed by atoms with Crippen LogP contribution in [0.4, 0.5) is 5.69 Å². The molecule has 1 atom stereocenters. The topological polar surface area (TPSA) is 103 Å². The Balaban J connectivity index is 1.79. The van der Waals surface area contributed by atoms with Crippen LogP contribution in [0.1, 0.15) is 12.5 Å². The van der Waals surface area contributed by atoms with Crippen molar-refractivity contribution in [3.8, 4) is 11.5 Å². The zero-order valence-electron chi connectivity index (χ0n) is 16.6. The van der Waals surface area contributed by atoms with Gasteiger partial charge in [-0.05, 0) is 24.6 Å². The lowest BCUT2D eigenvalue weighted by atomic mass is 10.1. The van der Waals surface area contributed by atoms with Crippen molar-refractivity contribution in [3.05, 3.63) is 54.1 Å². The highest BCUT2D eigenvalue weighted by Gasteiger charge is 2.19. The molecule has 0 radical (unpaired) electrons. The minimum atomic E-state index is -1.04. The van der Waals surface area contributed by atoms with E-state index < -0.39 is 18.0 Å². The van der Waals surface area contributed by atoms with Gasteiger partial charge in [-0.3, -0.25) is 14.4 Å². The van der Waals surface area contributed by atoms with Crippen LogP contribution in [-0.4, -0.2) is 44.7 Å². The number of esters is 1. The van der Waals surface area contributed by atoms with E-state index in [4.69, 9.17) is 14.2 Å². The van der Waals surface area contributed by atoms with Crippen LogP contribution in [0.15, 0.2) is 48.5 Å². The van der Waals surface area contributed by atoms with Crippen molar-refractivity contribution in [2.45, 2.75) is 19.4 Å². The van der Waals surface area contributed by atoms with Gasteiger partial charge in [-0.1, -0.05) is 30.3 Å². The molecule has 0 aliphatic rings. The SMILES string of the molecule is COc1ccc(NC(=O)[C@@H](C)OC(=O)CNC(=O)Cc2ccccc2)cc1OC. The minimum Gasteiger partial charge on any atom is -0.493 e. The molecule has 0 aromatic heterocycles. The van der Waals surface area contributed by atoms with Gasteiger partial charge in [0.25, 0.3) is 5.91 Å². The lowest BCUT2D eigenvalue weighted by Gasteiger charge is -2.15. The molecular weight excluding hydrogens is 376 g/mol. The van der Waals surface area contributed by atoms with Crippen molar-refractivity contribution in [2.24, 2.45) is 0 Å². The molecule has 2 N–H and O–H groups in total. The number of hydrogen-bond donors (Lipinski definition) is 2. The molecule has 0 unspecified atom stereocenters. The van der Waals surface area contributed by atoms with Crippen LogP contribution >= 0.6 is 0 Å². The van der Waals surface area contributed by atoms with Gasteiger partial charge >= 0.3 is 5.97 Å². The Labute approximate surface area is 169 Å². The fourth-order valence-corrected chi connectivity index (χ4v) is 2.46. The summed E-state index contributed by atoms with van der Waals surface area (Å²) >= 11 is 0. The quantitative estimate of drug-likeness (QED) is 0.624. The molecule has 29 heavy (non-hydrogen) atoms. The first-order valence-corrected chi connectivity index (χ1v) is 8.96. The zero-order chi connectivity index (χ0) is 21.2. The van der Waals surface area contributed by atoms with Crippen molar-refractivity contribution in [1.82, 2.24) is 5.32 Å². The second-order valence-electron chi connectivity index (χ2n) is 6.13. The number of hydrogen-bond acceptors (Lipinski definition) is 6. The molecule has 0 fully saturated rings. The summed E-state index contributed by atoms with van der Waals surface area (Å²) < 4.78 is 15.4. The Bertz CT molecular complexity index is 854. The van der Waals surface area contributed by atoms with Crippen LogP contribution in [-0.2, 0) is 25.5 Å². The van der Waals surface area contributed by atoms with Crippen molar-refractivity contribution in [1.29, 1.82) is 0 Å². The molecule has 0 spiro atoms. The van der Waals surface area contributed by atoms with Crippen LogP contribution in [0.2, 0.25) is 0 Å². The first-order valence-electron chi connectivity index (χ1n) is 8.96. The molecular formula is C21H24N2O6. The average molecular weight is 400 g/mol. The smallest absolute Gasteiger partial charge is 0.326 e. The first-order chi connectivity index (χ1) is 13.9. The normalized spacial score (nSPS) is 11.1. The number of amides is 2. The van der Waals surface area contributed by atoms with Crippen LogP contribution in [0.25, 0.3) is 0 Å². The lowest BCUT2D eigenvalue weighted by molar-refractivity contribution is -0.152. The third kappa shape index (κ3) is 6.84. The summed E-state index contributed by atoms with van der Waals surface area (Å²) in [6.07, 6.45) is -0.884. The molecule has 2 aromatic rings. The zero-order valence-corrected chi connectivity index (χ0v) is 16.6. The summed E-state index contributed by atoms with van der Waals surface area (Å²) in [6, 6.07) is 14.0. The van der Waals surface area contributed by atoms with Gasteiger partial charge in [0.15, 0.2) is 17.6 Å². The van der Waals surface area contributed by atoms with Crippen LogP contribution < -0.4 is 20.1 Å². The maximum absolute atomic E-state index is 12.2. The molecule has 0 aliphatic heterocycles. The molecule has 0 bridgehead atoms. The summed E-state index contributed by atoms with van der Waals surface area (Å²) in [5.41, 5.74) is 1.30. The monoisotopic (exact) mass is 400 g/mol. The third-order valence-corrected chi connectivity index (χ3v) is 3.97. The fourth-order valence-electron chi connectivity index (χ4n) is 2.46. The number of rotatable bonds is 9. The van der Waals surface area contributed by atoms with Gasteiger partial charge < -0.3 is 24.8 Å². The van der Waals surface area contributed by atoms with Crippen LogP contribution in [0, 0.1) is 0 Å². The van der Waals surface area contributed by atoms with E-state index in [-0.39, 0.29) is 18.9 Å². The summed E-state index contributed by atoms with van der Waals surface area (Å²) in [7, 11) is 3.00. The van der Waals surface area contributed by atoms with Crippen LogP contribution in [0.5, 0.6) is 11.5 Å². The van der Waals surface area contributed by atoms with E-state index in [0.29, 0.717) is 17.2 Å². The number of nitrogens with one attached hydrogen (secondary N) is 2. The van der Waals surface area contributed by atoms with E-state index in [1.54, 1.807) is 18.2 Å². The Morgan fingerprint density at radius 1 is 0.966 bits per heavy atom. The predicted molar refractivity (Wildman–Crippen MR) is 107 cm³/mol. The molecule has 2 rings (SSSR count). The Hall–Kier alpha value is -3.55. The third-order valence-electron chi connectivity index (χ3n) is 3.97. The average Bonchev–Trinajstić information content (AvgIpc) is 2.72. The largest absolute Gasteiger partial charge is 0.493 e. The molecule has 0 heterocycles. The Kier molecular flexibility index (Phi) is 8.02. The second-order valence-corrected chi connectivity index (χ2v) is 6.13. The highest BCUT2D eigenvalue weighted by Crippen LogP contribution is 2.29. The fraction of sp³-hybridized carbons (Fsp3) is 0.286. The van der Waals surface area contributed by atoms with E-state index >= 15 is 0 Å². The Morgan fingerprint density at radius 2 is 1.66 bits per heavy atom. The summed E-state index contributed by atoms with van der Waals surface area (Å²) in [5.74, 6) is -0.551. The Morgan fingerprint density at radius 3 is 2.31 bits per heavy atom. The van der Waals surface area contributed by atoms with E-state index in [0.717, 1.165) is 5.56 Å². The van der Waals surface area contributed by atoms with E-state index in [1.165, 1.54) is 21.1 Å². The number of carbonyl (C=O) groups excluding carboxylic acids is 3. The number of ether oxygens (including phenoxy) is 3. The van der Waals surface area contributed by atoms with Crippen molar-refractivity contribution >= 4 is 23.5 Å². The van der Waals surface area contributed by atoms with Gasteiger partial charge in [0.1, 0.15) is 6.54 Å². The van der Waals surface area contributed by atoms with Crippen molar-refractivity contribution < 1.29 is 28.6 Å². The number of anilines is 1. The molecule has 0 aliphatic carbocycles. The van der Waals surface area contributed by atoms with Gasteiger partial charge in [0.05, 0.1) is 20.6 Å². The van der Waals surface area contributed by atoms with Crippen molar-refractivity contribution in [2.75, 3.05) is 26.1 Å². The number of methoxy groups -OCH3 is 2. The predicted octanol–water partition coefficient (Wildman–Crippen LogP) is 1.93. The highest BCUT2D eigenvalue weighted by molar-refractivity contribution is 5.95. The molecule has 8 nitrogen and oxygen atoms in total. The molecule has 2 aromatic carbocycles. The lowest BCUT2D eigenvalue weighted by Crippen LogP contribution is -2.36. The maximum Gasteiger partial charge on any atom is 0.326 e. The van der Waals surface area contributed by atoms with Gasteiger partial charge in [0.2, 0.25) is 5.91 Å². The standard InChI is InChI=1S/C21H24N2O6/c1-14(21(26)23-16-9-10-17(27-2)18(12-16)28-3)29-20(25)13-22-19(24)11-15-7-5-4-6-8-15/h4-10,12,14H,11,13H2,1-3H3,(H,22,24)(H,23,26)/t14-/m1/s1. The first kappa shape index (κ1) is 21.7. The molecule has 154 valence electrons. The van der Waals surface area contributed by atoms with Gasteiger partial charge in [-0.2, -0.15) is 0 Å². The molecule has 2 amide bonds. The highest BCUT2D eigenvalue weighted by atomic mass is 16.5. The van der Waals surface area contributed by atoms with E-state index in [9.17, 15) is 14.4 Å². The van der Waals surface area contributed by atoms with E-state index in [2.05, 4.69) is 10.6 Å². The number of benzene rings is 2. The summed E-state index contributed by atoms with van der Waals surface area (Å²) in [6.45, 7) is 1.12. The number of carbonyl (C=O) groups is 3. The summed E-state index contributed by atoms with van der Waals surface area (Å²) in [5, 5.41) is 5.11. The van der Waals surface area contributed by atoms with Crippen molar-refractivity contribution in [3.63, 3.8) is 0 Å². The van der Waals surface area contributed by atoms with Crippen LogP contribution in [0.3, 0.4) is 0 Å². The maximum atomic E-state index is 12.2. The molecule has 0 saturated carbocycles.